The van der Waals surface area contributed by atoms with Crippen molar-refractivity contribution >= 4 is 5.97 Å². The molecule has 1 aliphatic rings. The summed E-state index contributed by atoms with van der Waals surface area (Å²) in [6.45, 7) is 0.637. The highest BCUT2D eigenvalue weighted by Crippen LogP contribution is 2.39. The zero-order valence-corrected chi connectivity index (χ0v) is 15.8. The Labute approximate surface area is 169 Å². The van der Waals surface area contributed by atoms with E-state index >= 15 is 0 Å². The summed E-state index contributed by atoms with van der Waals surface area (Å²) in [5.41, 5.74) is 4.86. The molecule has 0 amide bonds. The minimum atomic E-state index is -0.918. The number of carboxylic acid groups (broad SMARTS) is 1. The molecule has 2 aromatic carbocycles. The second kappa shape index (κ2) is 8.15. The summed E-state index contributed by atoms with van der Waals surface area (Å²) in [5.74, 6) is 0.255. The fourth-order valence-corrected chi connectivity index (χ4v) is 3.88. The number of ether oxygens (including phenoxy) is 1. The van der Waals surface area contributed by atoms with E-state index in [0.29, 0.717) is 30.1 Å². The van der Waals surface area contributed by atoms with Crippen molar-refractivity contribution in [3.05, 3.63) is 83.2 Å². The normalized spacial score (nSPS) is 15.1. The van der Waals surface area contributed by atoms with Gasteiger partial charge in [0.15, 0.2) is 0 Å². The maximum absolute atomic E-state index is 11.4. The smallest absolute Gasteiger partial charge is 0.336 e. The molecule has 1 aromatic heterocycles. The Morgan fingerprint density at radius 1 is 1.21 bits per heavy atom. The summed E-state index contributed by atoms with van der Waals surface area (Å²) >= 11 is 0. The van der Waals surface area contributed by atoms with E-state index in [9.17, 15) is 9.90 Å². The van der Waals surface area contributed by atoms with E-state index in [1.54, 1.807) is 18.3 Å². The van der Waals surface area contributed by atoms with Crippen LogP contribution in [0.25, 0.3) is 11.1 Å². The Hall–Kier alpha value is -3.65. The predicted octanol–water partition coefficient (Wildman–Crippen LogP) is 4.82. The van der Waals surface area contributed by atoms with E-state index in [0.717, 1.165) is 40.8 Å². The highest BCUT2D eigenvalue weighted by atomic mass is 16.5. The number of hydrogen-bond acceptors (Lipinski definition) is 4. The first-order chi connectivity index (χ1) is 14.2. The lowest BCUT2D eigenvalue weighted by Crippen LogP contribution is -2.15. The van der Waals surface area contributed by atoms with Gasteiger partial charge in [-0.3, -0.25) is 4.98 Å². The van der Waals surface area contributed by atoms with Gasteiger partial charge in [0.2, 0.25) is 0 Å². The molecule has 0 fully saturated rings. The molecule has 0 radical (unpaired) electrons. The van der Waals surface area contributed by atoms with Gasteiger partial charge in [-0.25, -0.2) is 4.79 Å². The van der Waals surface area contributed by atoms with Crippen LogP contribution in [0.2, 0.25) is 0 Å². The van der Waals surface area contributed by atoms with Crippen LogP contribution in [0.1, 0.15) is 45.8 Å². The molecule has 144 valence electrons. The summed E-state index contributed by atoms with van der Waals surface area (Å²) in [5, 5.41) is 18.5. The van der Waals surface area contributed by atoms with Crippen LogP contribution in [0.4, 0.5) is 0 Å². The van der Waals surface area contributed by atoms with Gasteiger partial charge in [0.05, 0.1) is 23.8 Å². The topological polar surface area (TPSA) is 83.2 Å². The standard InChI is InChI=1S/C24H20N2O3/c25-14-16-2-1-3-18(12-16)19-6-7-21-17(9-11-29-23(21)13-19)4-5-20-15-26-10-8-22(20)24(27)28/h1-3,6-8,10,12-13,15,17H,4-5,9,11H2,(H,27,28)/t17-/m0/s1. The molecule has 5 heteroatoms. The molecule has 4 rings (SSSR count). The lowest BCUT2D eigenvalue weighted by atomic mass is 9.86. The second-order valence-electron chi connectivity index (χ2n) is 7.16. The van der Waals surface area contributed by atoms with Crippen molar-refractivity contribution in [2.24, 2.45) is 0 Å². The van der Waals surface area contributed by atoms with Gasteiger partial charge >= 0.3 is 5.97 Å². The fourth-order valence-electron chi connectivity index (χ4n) is 3.88. The van der Waals surface area contributed by atoms with Crippen LogP contribution in [0.3, 0.4) is 0 Å². The van der Waals surface area contributed by atoms with Crippen molar-refractivity contribution < 1.29 is 14.6 Å². The van der Waals surface area contributed by atoms with E-state index in [-0.39, 0.29) is 0 Å². The monoisotopic (exact) mass is 384 g/mol. The molecule has 1 atom stereocenters. The average molecular weight is 384 g/mol. The average Bonchev–Trinajstić information content (AvgIpc) is 2.77. The maximum Gasteiger partial charge on any atom is 0.336 e. The number of nitriles is 1. The minimum Gasteiger partial charge on any atom is -0.493 e. The largest absolute Gasteiger partial charge is 0.493 e. The van der Waals surface area contributed by atoms with E-state index < -0.39 is 5.97 Å². The molecule has 3 aromatic rings. The number of nitrogens with zero attached hydrogens (tertiary/aromatic N) is 2. The van der Waals surface area contributed by atoms with Gasteiger partial charge in [-0.2, -0.15) is 5.26 Å². The van der Waals surface area contributed by atoms with Crippen molar-refractivity contribution in [1.29, 1.82) is 5.26 Å². The van der Waals surface area contributed by atoms with Crippen molar-refractivity contribution in [1.82, 2.24) is 4.98 Å². The highest BCUT2D eigenvalue weighted by molar-refractivity contribution is 5.89. The number of rotatable bonds is 5. The third-order valence-electron chi connectivity index (χ3n) is 5.40. The van der Waals surface area contributed by atoms with Crippen molar-refractivity contribution in [2.75, 3.05) is 6.61 Å². The number of hydrogen-bond donors (Lipinski definition) is 1. The third-order valence-corrected chi connectivity index (χ3v) is 5.40. The number of fused-ring (bicyclic) bond motifs is 1. The maximum atomic E-state index is 11.4. The number of carboxylic acids is 1. The summed E-state index contributed by atoms with van der Waals surface area (Å²) < 4.78 is 5.91. The first kappa shape index (κ1) is 18.7. The molecule has 1 N–H and O–H groups in total. The van der Waals surface area contributed by atoms with Crippen LogP contribution in [-0.4, -0.2) is 22.7 Å². The number of aromatic nitrogens is 1. The van der Waals surface area contributed by atoms with Crippen LogP contribution in [-0.2, 0) is 6.42 Å². The molecule has 0 saturated carbocycles. The van der Waals surface area contributed by atoms with Gasteiger partial charge in [-0.05, 0) is 71.7 Å². The lowest BCUT2D eigenvalue weighted by molar-refractivity contribution is 0.0695. The summed E-state index contributed by atoms with van der Waals surface area (Å²) in [7, 11) is 0. The van der Waals surface area contributed by atoms with Crippen molar-refractivity contribution in [2.45, 2.75) is 25.2 Å². The number of pyridine rings is 1. The summed E-state index contributed by atoms with van der Waals surface area (Å²) in [4.78, 5) is 15.5. The van der Waals surface area contributed by atoms with Gasteiger partial charge in [0.25, 0.3) is 0 Å². The van der Waals surface area contributed by atoms with Gasteiger partial charge in [-0.15, -0.1) is 0 Å². The molecule has 0 spiro atoms. The van der Waals surface area contributed by atoms with E-state index in [2.05, 4.69) is 23.2 Å². The van der Waals surface area contributed by atoms with Gasteiger partial charge in [0, 0.05) is 12.4 Å². The molecule has 29 heavy (non-hydrogen) atoms. The second-order valence-corrected chi connectivity index (χ2v) is 7.16. The Bertz CT molecular complexity index is 1100. The molecule has 5 nitrogen and oxygen atoms in total. The Morgan fingerprint density at radius 3 is 2.90 bits per heavy atom. The van der Waals surface area contributed by atoms with Gasteiger partial charge < -0.3 is 9.84 Å². The van der Waals surface area contributed by atoms with Crippen molar-refractivity contribution in [3.63, 3.8) is 0 Å². The summed E-state index contributed by atoms with van der Waals surface area (Å²) in [6, 6.07) is 17.4. The molecule has 0 aliphatic carbocycles. The number of carbonyl (C=O) groups is 1. The zero-order valence-electron chi connectivity index (χ0n) is 15.8. The predicted molar refractivity (Wildman–Crippen MR) is 109 cm³/mol. The highest BCUT2D eigenvalue weighted by Gasteiger charge is 2.23. The SMILES string of the molecule is N#Cc1cccc(-c2ccc3c(c2)OCC[C@@H]3CCc2cnccc2C(=O)O)c1. The molecule has 0 bridgehead atoms. The van der Waals surface area contributed by atoms with Crippen LogP contribution in [0.5, 0.6) is 5.75 Å². The van der Waals surface area contributed by atoms with Crippen LogP contribution in [0, 0.1) is 11.3 Å². The third kappa shape index (κ3) is 3.97. The Kier molecular flexibility index (Phi) is 5.26. The summed E-state index contributed by atoms with van der Waals surface area (Å²) in [6.07, 6.45) is 5.56. The molecule has 0 saturated heterocycles. The number of benzene rings is 2. The quantitative estimate of drug-likeness (QED) is 0.682. The molecular weight excluding hydrogens is 364 g/mol. The molecule has 1 aliphatic heterocycles. The Morgan fingerprint density at radius 2 is 2.07 bits per heavy atom. The molecular formula is C24H20N2O3. The molecule has 0 unspecified atom stereocenters. The van der Waals surface area contributed by atoms with Crippen molar-refractivity contribution in [3.8, 4) is 22.9 Å². The van der Waals surface area contributed by atoms with E-state index in [1.807, 2.05) is 24.3 Å². The van der Waals surface area contributed by atoms with E-state index in [4.69, 9.17) is 10.00 Å². The lowest BCUT2D eigenvalue weighted by Gasteiger charge is -2.26. The zero-order chi connectivity index (χ0) is 20.2. The van der Waals surface area contributed by atoms with E-state index in [1.165, 1.54) is 6.20 Å². The van der Waals surface area contributed by atoms with Gasteiger partial charge in [-0.1, -0.05) is 24.3 Å². The first-order valence-corrected chi connectivity index (χ1v) is 9.59. The number of aryl methyl sites for hydroxylation is 1. The first-order valence-electron chi connectivity index (χ1n) is 9.59. The van der Waals surface area contributed by atoms with Crippen LogP contribution < -0.4 is 4.74 Å². The van der Waals surface area contributed by atoms with Crippen LogP contribution >= 0.6 is 0 Å². The van der Waals surface area contributed by atoms with Gasteiger partial charge in [0.1, 0.15) is 5.75 Å². The molecule has 2 heterocycles. The fraction of sp³-hybridized carbons (Fsp3) is 0.208. The van der Waals surface area contributed by atoms with Crippen LogP contribution in [0.15, 0.2) is 60.9 Å². The number of aromatic carboxylic acids is 1. The Balaban J connectivity index is 1.56. The minimum absolute atomic E-state index is 0.306.